The summed E-state index contributed by atoms with van der Waals surface area (Å²) in [7, 11) is 3.61. The highest BCUT2D eigenvalue weighted by atomic mass is 16.5. The van der Waals surface area contributed by atoms with Crippen LogP contribution in [0, 0.1) is 0 Å². The third-order valence-electron chi connectivity index (χ3n) is 3.11. The Balaban J connectivity index is 2.46. The van der Waals surface area contributed by atoms with Gasteiger partial charge in [-0.3, -0.25) is 4.79 Å². The van der Waals surface area contributed by atoms with Gasteiger partial charge in [-0.15, -0.1) is 0 Å². The molecule has 18 heavy (non-hydrogen) atoms. The van der Waals surface area contributed by atoms with Gasteiger partial charge in [0, 0.05) is 12.6 Å². The van der Waals surface area contributed by atoms with Crippen LogP contribution in [0.5, 0.6) is 5.75 Å². The number of rotatable bonds is 7. The number of likely N-dealkylation sites (N-methyl/N-ethyl adjacent to an activating group) is 1. The summed E-state index contributed by atoms with van der Waals surface area (Å²) in [5.41, 5.74) is 1.20. The largest absolute Gasteiger partial charge is 0.497 e. The number of nitrogens with zero attached hydrogens (tertiary/aromatic N) is 1. The summed E-state index contributed by atoms with van der Waals surface area (Å²) in [6.07, 6.45) is 1.06. The summed E-state index contributed by atoms with van der Waals surface area (Å²) in [4.78, 5) is 12.7. The van der Waals surface area contributed by atoms with E-state index in [0.717, 1.165) is 18.7 Å². The Kier molecular flexibility index (Phi) is 5.65. The molecule has 1 rings (SSSR count). The zero-order valence-corrected chi connectivity index (χ0v) is 11.2. The van der Waals surface area contributed by atoms with Gasteiger partial charge in [0.1, 0.15) is 5.75 Å². The van der Waals surface area contributed by atoms with Gasteiger partial charge < -0.3 is 14.7 Å². The minimum absolute atomic E-state index is 0.0492. The predicted octanol–water partition coefficient (Wildman–Crippen LogP) is 2.03. The van der Waals surface area contributed by atoms with E-state index in [1.54, 1.807) is 7.11 Å². The molecule has 100 valence electrons. The van der Waals surface area contributed by atoms with E-state index in [4.69, 9.17) is 9.84 Å². The second-order valence-corrected chi connectivity index (χ2v) is 4.53. The van der Waals surface area contributed by atoms with Gasteiger partial charge in [0.2, 0.25) is 0 Å². The van der Waals surface area contributed by atoms with Crippen LogP contribution in [0.25, 0.3) is 0 Å². The molecule has 0 aliphatic rings. The lowest BCUT2D eigenvalue weighted by molar-refractivity contribution is -0.138. The van der Waals surface area contributed by atoms with Crippen molar-refractivity contribution in [1.82, 2.24) is 4.90 Å². The molecule has 0 radical (unpaired) electrons. The molecule has 1 aromatic rings. The van der Waals surface area contributed by atoms with Gasteiger partial charge in [-0.05, 0) is 38.1 Å². The number of carboxylic acid groups (broad SMARTS) is 1. The summed E-state index contributed by atoms with van der Waals surface area (Å²) in [6, 6.07) is 8.00. The molecule has 0 saturated carbocycles. The van der Waals surface area contributed by atoms with E-state index in [9.17, 15) is 4.79 Å². The average molecular weight is 251 g/mol. The Morgan fingerprint density at radius 3 is 2.83 bits per heavy atom. The molecule has 0 fully saturated rings. The van der Waals surface area contributed by atoms with E-state index < -0.39 is 5.97 Å². The Hall–Kier alpha value is -1.55. The Bertz CT molecular complexity index is 392. The summed E-state index contributed by atoms with van der Waals surface area (Å²) < 4.78 is 5.17. The first-order chi connectivity index (χ1) is 8.52. The second kappa shape index (κ2) is 7.01. The lowest BCUT2D eigenvalue weighted by Crippen LogP contribution is -2.32. The van der Waals surface area contributed by atoms with E-state index in [2.05, 4.69) is 11.0 Å². The first kappa shape index (κ1) is 14.5. The summed E-state index contributed by atoms with van der Waals surface area (Å²) in [5, 5.41) is 8.74. The molecule has 4 heteroatoms. The van der Waals surface area contributed by atoms with E-state index in [1.807, 2.05) is 32.2 Å². The second-order valence-electron chi connectivity index (χ2n) is 4.53. The molecule has 0 amide bonds. The molecule has 0 aliphatic heterocycles. The minimum Gasteiger partial charge on any atom is -0.497 e. The maximum Gasteiger partial charge on any atom is 0.304 e. The molecule has 0 spiro atoms. The fourth-order valence-corrected chi connectivity index (χ4v) is 1.76. The van der Waals surface area contributed by atoms with E-state index in [0.29, 0.717) is 0 Å². The highest BCUT2D eigenvalue weighted by Crippen LogP contribution is 2.13. The quantitative estimate of drug-likeness (QED) is 0.805. The number of hydrogen-bond acceptors (Lipinski definition) is 3. The fourth-order valence-electron chi connectivity index (χ4n) is 1.76. The van der Waals surface area contributed by atoms with Crippen molar-refractivity contribution in [3.8, 4) is 5.75 Å². The van der Waals surface area contributed by atoms with Crippen molar-refractivity contribution in [2.75, 3.05) is 20.7 Å². The number of benzene rings is 1. The topological polar surface area (TPSA) is 49.8 Å². The lowest BCUT2D eigenvalue weighted by atomic mass is 10.1. The van der Waals surface area contributed by atoms with Crippen LogP contribution < -0.4 is 4.74 Å². The maximum absolute atomic E-state index is 10.6. The lowest BCUT2D eigenvalue weighted by Gasteiger charge is -2.23. The molecule has 0 aromatic heterocycles. The van der Waals surface area contributed by atoms with Crippen molar-refractivity contribution < 1.29 is 14.6 Å². The number of hydrogen-bond donors (Lipinski definition) is 1. The van der Waals surface area contributed by atoms with Crippen molar-refractivity contribution in [2.24, 2.45) is 0 Å². The Morgan fingerprint density at radius 2 is 2.22 bits per heavy atom. The van der Waals surface area contributed by atoms with Crippen LogP contribution in [0.1, 0.15) is 18.9 Å². The number of carbonyl (C=O) groups is 1. The zero-order valence-electron chi connectivity index (χ0n) is 11.2. The first-order valence-corrected chi connectivity index (χ1v) is 6.08. The zero-order chi connectivity index (χ0) is 13.5. The third-order valence-corrected chi connectivity index (χ3v) is 3.11. The molecule has 0 bridgehead atoms. The average Bonchev–Trinajstić information content (AvgIpc) is 2.35. The minimum atomic E-state index is -0.754. The highest BCUT2D eigenvalue weighted by molar-refractivity contribution is 5.67. The maximum atomic E-state index is 10.6. The molecule has 1 aromatic carbocycles. The van der Waals surface area contributed by atoms with Crippen molar-refractivity contribution in [3.63, 3.8) is 0 Å². The van der Waals surface area contributed by atoms with E-state index in [-0.39, 0.29) is 12.5 Å². The van der Waals surface area contributed by atoms with Crippen molar-refractivity contribution >= 4 is 5.97 Å². The van der Waals surface area contributed by atoms with Crippen LogP contribution in [-0.2, 0) is 11.2 Å². The van der Waals surface area contributed by atoms with Gasteiger partial charge in [-0.1, -0.05) is 12.1 Å². The molecule has 4 nitrogen and oxygen atoms in total. The summed E-state index contributed by atoms with van der Waals surface area (Å²) >= 11 is 0. The van der Waals surface area contributed by atoms with Crippen LogP contribution in [0.2, 0.25) is 0 Å². The Morgan fingerprint density at radius 1 is 1.50 bits per heavy atom. The third kappa shape index (κ3) is 4.75. The molecule has 0 heterocycles. The van der Waals surface area contributed by atoms with Crippen molar-refractivity contribution in [1.29, 1.82) is 0 Å². The molecule has 1 atom stereocenters. The van der Waals surface area contributed by atoms with Gasteiger partial charge in [0.15, 0.2) is 0 Å². The monoisotopic (exact) mass is 251 g/mol. The standard InChI is InChI=1S/C14H21NO3/c1-11(9-14(16)17)15(2)8-7-12-5-4-6-13(10-12)18-3/h4-6,10-11H,7-9H2,1-3H3,(H,16,17). The first-order valence-electron chi connectivity index (χ1n) is 6.08. The van der Waals surface area contributed by atoms with E-state index >= 15 is 0 Å². The molecule has 0 saturated heterocycles. The van der Waals surface area contributed by atoms with Gasteiger partial charge >= 0.3 is 5.97 Å². The number of ether oxygens (including phenoxy) is 1. The smallest absolute Gasteiger partial charge is 0.304 e. The molecule has 1 N–H and O–H groups in total. The fraction of sp³-hybridized carbons (Fsp3) is 0.500. The highest BCUT2D eigenvalue weighted by Gasteiger charge is 2.12. The van der Waals surface area contributed by atoms with Crippen molar-refractivity contribution in [3.05, 3.63) is 29.8 Å². The predicted molar refractivity (Wildman–Crippen MR) is 71.0 cm³/mol. The van der Waals surface area contributed by atoms with Crippen LogP contribution >= 0.6 is 0 Å². The van der Waals surface area contributed by atoms with Gasteiger partial charge in [-0.25, -0.2) is 0 Å². The molecular weight excluding hydrogens is 230 g/mol. The number of aliphatic carboxylic acids is 1. The molecule has 1 unspecified atom stereocenters. The van der Waals surface area contributed by atoms with Crippen LogP contribution in [-0.4, -0.2) is 42.7 Å². The number of methoxy groups -OCH3 is 1. The van der Waals surface area contributed by atoms with E-state index in [1.165, 1.54) is 5.56 Å². The van der Waals surface area contributed by atoms with Crippen LogP contribution in [0.15, 0.2) is 24.3 Å². The normalized spacial score (nSPS) is 12.4. The molecular formula is C14H21NO3. The Labute approximate surface area is 108 Å². The summed E-state index contributed by atoms with van der Waals surface area (Å²) in [5.74, 6) is 0.101. The van der Waals surface area contributed by atoms with Gasteiger partial charge in [0.05, 0.1) is 13.5 Å². The summed E-state index contributed by atoms with van der Waals surface area (Å²) in [6.45, 7) is 2.77. The number of carboxylic acids is 1. The van der Waals surface area contributed by atoms with Gasteiger partial charge in [0.25, 0.3) is 0 Å². The SMILES string of the molecule is COc1cccc(CCN(C)C(C)CC(=O)O)c1. The van der Waals surface area contributed by atoms with Crippen LogP contribution in [0.3, 0.4) is 0 Å². The molecule has 0 aliphatic carbocycles. The van der Waals surface area contributed by atoms with Crippen molar-refractivity contribution in [2.45, 2.75) is 25.8 Å². The van der Waals surface area contributed by atoms with Gasteiger partial charge in [-0.2, -0.15) is 0 Å². The van der Waals surface area contributed by atoms with Crippen LogP contribution in [0.4, 0.5) is 0 Å².